The third-order valence-electron chi connectivity index (χ3n) is 3.24. The van der Waals surface area contributed by atoms with Crippen molar-refractivity contribution < 1.29 is 14.8 Å². The molecule has 2 N–H and O–H groups in total. The molecule has 23 heavy (non-hydrogen) atoms. The number of H-pyrrole nitrogens is 1. The van der Waals surface area contributed by atoms with E-state index in [1.807, 2.05) is 0 Å². The first kappa shape index (κ1) is 14.5. The first-order valence-corrected chi connectivity index (χ1v) is 6.63. The number of phenolic OH excluding ortho intramolecular Hbond substituents is 1. The minimum absolute atomic E-state index is 0.105. The van der Waals surface area contributed by atoms with E-state index in [-0.39, 0.29) is 17.2 Å². The Hall–Kier alpha value is -3.42. The van der Waals surface area contributed by atoms with E-state index in [2.05, 4.69) is 15.2 Å². The summed E-state index contributed by atoms with van der Waals surface area (Å²) in [5.74, 6) is 1.05. The Morgan fingerprint density at radius 1 is 1.22 bits per heavy atom. The lowest BCUT2D eigenvalue weighted by Crippen LogP contribution is -1.94. The van der Waals surface area contributed by atoms with Crippen molar-refractivity contribution in [3.05, 3.63) is 52.6 Å². The van der Waals surface area contributed by atoms with Gasteiger partial charge in [-0.05, 0) is 24.3 Å². The van der Waals surface area contributed by atoms with Crippen molar-refractivity contribution >= 4 is 5.69 Å². The van der Waals surface area contributed by atoms with Crippen LogP contribution in [-0.4, -0.2) is 32.3 Å². The summed E-state index contributed by atoms with van der Waals surface area (Å²) in [6.45, 7) is 0. The van der Waals surface area contributed by atoms with Gasteiger partial charge in [0.2, 0.25) is 0 Å². The Morgan fingerprint density at radius 3 is 2.74 bits per heavy atom. The number of nitrogens with zero attached hydrogens (tertiary/aromatic N) is 3. The normalized spacial score (nSPS) is 10.5. The van der Waals surface area contributed by atoms with Gasteiger partial charge in [-0.15, -0.1) is 0 Å². The van der Waals surface area contributed by atoms with Gasteiger partial charge in [-0.1, -0.05) is 12.1 Å². The average molecular weight is 312 g/mol. The monoisotopic (exact) mass is 312 g/mol. The summed E-state index contributed by atoms with van der Waals surface area (Å²) in [5, 5.41) is 27.4. The van der Waals surface area contributed by atoms with Crippen LogP contribution >= 0.6 is 0 Å². The van der Waals surface area contributed by atoms with Crippen molar-refractivity contribution in [3.8, 4) is 34.3 Å². The largest absolute Gasteiger partial charge is 0.508 e. The molecule has 3 aromatic rings. The van der Waals surface area contributed by atoms with Gasteiger partial charge in [0.05, 0.1) is 12.0 Å². The fraction of sp³-hybridized carbons (Fsp3) is 0.0667. The summed E-state index contributed by atoms with van der Waals surface area (Å²) in [4.78, 5) is 14.9. The molecule has 0 fully saturated rings. The molecule has 0 spiro atoms. The van der Waals surface area contributed by atoms with Crippen molar-refractivity contribution in [1.29, 1.82) is 0 Å². The highest BCUT2D eigenvalue weighted by Crippen LogP contribution is 2.31. The fourth-order valence-electron chi connectivity index (χ4n) is 2.14. The standard InChI is InChI=1S/C15H12N4O4/c1-23-13-6-5-10(8-12(13)19(21)22)15-16-14(17-18-15)9-3-2-4-11(20)7-9/h2-8,20H,1H3,(H,16,17,18). The zero-order valence-electron chi connectivity index (χ0n) is 12.1. The van der Waals surface area contributed by atoms with Crippen molar-refractivity contribution in [3.63, 3.8) is 0 Å². The summed E-state index contributed by atoms with van der Waals surface area (Å²) in [5.41, 5.74) is 0.993. The third-order valence-corrected chi connectivity index (χ3v) is 3.24. The van der Waals surface area contributed by atoms with E-state index < -0.39 is 4.92 Å². The number of nitrogens with one attached hydrogen (secondary N) is 1. The SMILES string of the molecule is COc1ccc(-c2nc(-c3cccc(O)c3)n[nH]2)cc1[N+](=O)[O-]. The van der Waals surface area contributed by atoms with Gasteiger partial charge in [-0.2, -0.15) is 5.10 Å². The topological polar surface area (TPSA) is 114 Å². The first-order chi connectivity index (χ1) is 11.1. The van der Waals surface area contributed by atoms with Crippen LogP contribution in [0.5, 0.6) is 11.5 Å². The van der Waals surface area contributed by atoms with Gasteiger partial charge in [-0.25, -0.2) is 4.98 Å². The molecular formula is C15H12N4O4. The molecule has 3 rings (SSSR count). The number of aromatic nitrogens is 3. The van der Waals surface area contributed by atoms with E-state index in [9.17, 15) is 15.2 Å². The Kier molecular flexibility index (Phi) is 3.63. The molecule has 1 aromatic heterocycles. The van der Waals surface area contributed by atoms with E-state index >= 15 is 0 Å². The summed E-state index contributed by atoms with van der Waals surface area (Å²) < 4.78 is 4.97. The Labute approximate surface area is 130 Å². The van der Waals surface area contributed by atoms with Crippen molar-refractivity contribution in [2.24, 2.45) is 0 Å². The highest BCUT2D eigenvalue weighted by atomic mass is 16.6. The number of hydrogen-bond donors (Lipinski definition) is 2. The van der Waals surface area contributed by atoms with Crippen LogP contribution in [0.25, 0.3) is 22.8 Å². The zero-order chi connectivity index (χ0) is 16.4. The van der Waals surface area contributed by atoms with E-state index in [0.29, 0.717) is 22.8 Å². The highest BCUT2D eigenvalue weighted by Gasteiger charge is 2.17. The summed E-state index contributed by atoms with van der Waals surface area (Å²) in [7, 11) is 1.37. The highest BCUT2D eigenvalue weighted by molar-refractivity contribution is 5.66. The van der Waals surface area contributed by atoms with Crippen LogP contribution in [0.4, 0.5) is 5.69 Å². The van der Waals surface area contributed by atoms with Crippen LogP contribution in [0.15, 0.2) is 42.5 Å². The van der Waals surface area contributed by atoms with E-state index in [0.717, 1.165) is 0 Å². The maximum absolute atomic E-state index is 11.1. The summed E-state index contributed by atoms with van der Waals surface area (Å²) in [6.07, 6.45) is 0. The molecule has 0 atom stereocenters. The van der Waals surface area contributed by atoms with E-state index in [4.69, 9.17) is 4.74 Å². The minimum Gasteiger partial charge on any atom is -0.508 e. The maximum atomic E-state index is 11.1. The minimum atomic E-state index is -0.519. The van der Waals surface area contributed by atoms with Crippen LogP contribution in [0.3, 0.4) is 0 Å². The number of aromatic hydroxyl groups is 1. The predicted octanol–water partition coefficient (Wildman–Crippen LogP) is 2.76. The number of hydrogen-bond acceptors (Lipinski definition) is 6. The second kappa shape index (κ2) is 5.76. The molecule has 8 nitrogen and oxygen atoms in total. The molecule has 0 aliphatic rings. The molecule has 8 heteroatoms. The van der Waals surface area contributed by atoms with Crippen LogP contribution in [-0.2, 0) is 0 Å². The molecule has 0 aliphatic heterocycles. The van der Waals surface area contributed by atoms with Crippen LogP contribution in [0.1, 0.15) is 0 Å². The molecule has 2 aromatic carbocycles. The van der Waals surface area contributed by atoms with E-state index in [1.165, 1.54) is 25.3 Å². The Morgan fingerprint density at radius 2 is 2.04 bits per heavy atom. The average Bonchev–Trinajstić information content (AvgIpc) is 3.04. The second-order valence-electron chi connectivity index (χ2n) is 4.70. The van der Waals surface area contributed by atoms with Crippen molar-refractivity contribution in [1.82, 2.24) is 15.2 Å². The maximum Gasteiger partial charge on any atom is 0.311 e. The van der Waals surface area contributed by atoms with Crippen molar-refractivity contribution in [2.75, 3.05) is 7.11 Å². The van der Waals surface area contributed by atoms with Gasteiger partial charge in [0, 0.05) is 17.2 Å². The predicted molar refractivity (Wildman–Crippen MR) is 82.1 cm³/mol. The number of aromatic amines is 1. The Bertz CT molecular complexity index is 875. The van der Waals surface area contributed by atoms with Crippen LogP contribution < -0.4 is 4.74 Å². The molecule has 0 saturated carbocycles. The van der Waals surface area contributed by atoms with Gasteiger partial charge in [0.15, 0.2) is 17.4 Å². The van der Waals surface area contributed by atoms with Gasteiger partial charge < -0.3 is 9.84 Å². The first-order valence-electron chi connectivity index (χ1n) is 6.63. The number of benzene rings is 2. The van der Waals surface area contributed by atoms with E-state index in [1.54, 1.807) is 24.3 Å². The number of phenols is 1. The second-order valence-corrected chi connectivity index (χ2v) is 4.70. The lowest BCUT2D eigenvalue weighted by atomic mass is 10.1. The molecule has 0 saturated heterocycles. The van der Waals surface area contributed by atoms with Crippen LogP contribution in [0, 0.1) is 10.1 Å². The quantitative estimate of drug-likeness (QED) is 0.565. The Balaban J connectivity index is 2.00. The number of nitro groups is 1. The third kappa shape index (κ3) is 2.82. The fourth-order valence-corrected chi connectivity index (χ4v) is 2.14. The molecule has 0 bridgehead atoms. The smallest absolute Gasteiger partial charge is 0.311 e. The zero-order valence-corrected chi connectivity index (χ0v) is 12.1. The van der Waals surface area contributed by atoms with Gasteiger partial charge in [0.1, 0.15) is 5.75 Å². The summed E-state index contributed by atoms with van der Waals surface area (Å²) in [6, 6.07) is 11.0. The molecule has 0 radical (unpaired) electrons. The molecule has 0 aliphatic carbocycles. The number of nitro benzene ring substituents is 1. The van der Waals surface area contributed by atoms with Crippen molar-refractivity contribution in [2.45, 2.75) is 0 Å². The van der Waals surface area contributed by atoms with Gasteiger partial charge >= 0.3 is 5.69 Å². The molecule has 1 heterocycles. The lowest BCUT2D eigenvalue weighted by molar-refractivity contribution is -0.385. The number of rotatable bonds is 4. The molecule has 0 unspecified atom stereocenters. The number of methoxy groups -OCH3 is 1. The summed E-state index contributed by atoms with van der Waals surface area (Å²) >= 11 is 0. The van der Waals surface area contributed by atoms with Gasteiger partial charge in [-0.3, -0.25) is 15.2 Å². The molecular weight excluding hydrogens is 300 g/mol. The van der Waals surface area contributed by atoms with Crippen LogP contribution in [0.2, 0.25) is 0 Å². The lowest BCUT2D eigenvalue weighted by Gasteiger charge is -2.02. The number of ether oxygens (including phenoxy) is 1. The molecule has 116 valence electrons. The van der Waals surface area contributed by atoms with Gasteiger partial charge in [0.25, 0.3) is 0 Å². The molecule has 0 amide bonds.